The fourth-order valence-electron chi connectivity index (χ4n) is 3.74. The van der Waals surface area contributed by atoms with Gasteiger partial charge >= 0.3 is 0 Å². The Labute approximate surface area is 228 Å². The van der Waals surface area contributed by atoms with Gasteiger partial charge in [-0.25, -0.2) is 0 Å². The number of nitrogens with one attached hydrogen (secondary N) is 5. The van der Waals surface area contributed by atoms with Crippen LogP contribution in [0.5, 0.6) is 23.0 Å². The Hall–Kier alpha value is -3.58. The van der Waals surface area contributed by atoms with E-state index < -0.39 is 11.7 Å². The van der Waals surface area contributed by atoms with E-state index in [-0.39, 0.29) is 35.1 Å². The highest BCUT2D eigenvalue weighted by molar-refractivity contribution is 5.97. The average molecular weight is 548 g/mol. The van der Waals surface area contributed by atoms with Crippen LogP contribution in [0.1, 0.15) is 48.3 Å². The minimum absolute atomic E-state index is 0.0643. The molecule has 2 amide bonds. The number of hydrogen-bond acceptors (Lipinski definition) is 10. The molecule has 9 N–H and O–H groups in total. The first kappa shape index (κ1) is 31.6. The van der Waals surface area contributed by atoms with Gasteiger partial charge in [-0.3, -0.25) is 14.9 Å². The Bertz CT molecular complexity index is 1020. The van der Waals surface area contributed by atoms with Crippen molar-refractivity contribution in [1.82, 2.24) is 26.6 Å². The summed E-state index contributed by atoms with van der Waals surface area (Å²) in [5.41, 5.74) is 0.642. The van der Waals surface area contributed by atoms with E-state index >= 15 is 0 Å². The minimum atomic E-state index is -0.413. The molecule has 1 aliphatic heterocycles. The fourth-order valence-corrected chi connectivity index (χ4v) is 3.74. The minimum Gasteiger partial charge on any atom is -0.504 e. The predicted molar refractivity (Wildman–Crippen MR) is 147 cm³/mol. The summed E-state index contributed by atoms with van der Waals surface area (Å²) in [7, 11) is 0. The van der Waals surface area contributed by atoms with E-state index in [1.54, 1.807) is 12.1 Å². The SMILES string of the molecule is CC1CNC(c2cccc(O)c2O)O1.O=CNCCCNCCCCNCCNC(=O)c1cccc(O)c1O. The molecule has 216 valence electrons. The standard InChI is InChI=1S/C17H28N4O4.C10H13NO3/c22-13-20-10-4-9-18-7-1-2-8-19-11-12-21-17(25)14-5-3-6-15(23)16(14)24;1-6-5-11-10(14-6)7-3-2-4-8(12)9(7)13/h3,5-6,13,18-19,23-24H,1-2,4,7-12H2,(H,20,22)(H,21,25);2-4,6,10-13H,5H2,1H3. The second-order valence-corrected chi connectivity index (χ2v) is 9.01. The summed E-state index contributed by atoms with van der Waals surface area (Å²) in [5, 5.41) is 52.8. The normalized spacial score (nSPS) is 16.2. The van der Waals surface area contributed by atoms with E-state index in [0.29, 0.717) is 31.6 Å². The number of unbranched alkanes of at least 4 members (excludes halogenated alkanes) is 1. The molecule has 0 aliphatic carbocycles. The molecule has 0 spiro atoms. The van der Waals surface area contributed by atoms with E-state index in [1.165, 1.54) is 24.3 Å². The Morgan fingerprint density at radius 3 is 2.21 bits per heavy atom. The van der Waals surface area contributed by atoms with Gasteiger partial charge in [-0.15, -0.1) is 0 Å². The highest BCUT2D eigenvalue weighted by atomic mass is 16.5. The number of aromatic hydroxyl groups is 4. The van der Waals surface area contributed by atoms with Crippen molar-refractivity contribution in [3.05, 3.63) is 47.5 Å². The molecule has 39 heavy (non-hydrogen) atoms. The summed E-state index contributed by atoms with van der Waals surface area (Å²) in [4.78, 5) is 21.9. The first-order chi connectivity index (χ1) is 18.8. The predicted octanol–water partition coefficient (Wildman–Crippen LogP) is 1.03. The number of amides is 2. The summed E-state index contributed by atoms with van der Waals surface area (Å²) < 4.78 is 5.50. The number of carbonyl (C=O) groups excluding carboxylic acids is 2. The molecule has 0 saturated carbocycles. The summed E-state index contributed by atoms with van der Waals surface area (Å²) in [6, 6.07) is 9.14. The van der Waals surface area contributed by atoms with Crippen LogP contribution in [0.2, 0.25) is 0 Å². The van der Waals surface area contributed by atoms with Crippen LogP contribution < -0.4 is 26.6 Å². The van der Waals surface area contributed by atoms with Crippen LogP contribution in [0.15, 0.2) is 36.4 Å². The highest BCUT2D eigenvalue weighted by Gasteiger charge is 2.25. The lowest BCUT2D eigenvalue weighted by Gasteiger charge is -2.13. The summed E-state index contributed by atoms with van der Waals surface area (Å²) in [6.45, 7) is 7.17. The third kappa shape index (κ3) is 11.4. The van der Waals surface area contributed by atoms with E-state index in [0.717, 1.165) is 45.4 Å². The Balaban J connectivity index is 0.000000318. The number of rotatable bonds is 15. The number of carbonyl (C=O) groups is 2. The number of para-hydroxylation sites is 2. The zero-order chi connectivity index (χ0) is 28.5. The molecule has 1 fully saturated rings. The van der Waals surface area contributed by atoms with Crippen LogP contribution in [0.3, 0.4) is 0 Å². The lowest BCUT2D eigenvalue weighted by atomic mass is 10.1. The van der Waals surface area contributed by atoms with Gasteiger partial charge in [0.25, 0.3) is 5.91 Å². The van der Waals surface area contributed by atoms with Gasteiger partial charge in [0.05, 0.1) is 11.7 Å². The maximum atomic E-state index is 11.9. The number of ether oxygens (including phenoxy) is 1. The average Bonchev–Trinajstić information content (AvgIpc) is 3.36. The van der Waals surface area contributed by atoms with Gasteiger partial charge in [0.15, 0.2) is 23.0 Å². The third-order valence-electron chi connectivity index (χ3n) is 5.85. The second kappa shape index (κ2) is 17.8. The third-order valence-corrected chi connectivity index (χ3v) is 5.85. The summed E-state index contributed by atoms with van der Waals surface area (Å²) in [6.07, 6.45) is 3.52. The molecule has 2 unspecified atom stereocenters. The molecule has 0 aromatic heterocycles. The van der Waals surface area contributed by atoms with Gasteiger partial charge in [0.1, 0.15) is 6.23 Å². The van der Waals surface area contributed by atoms with Crippen LogP contribution in [0.25, 0.3) is 0 Å². The van der Waals surface area contributed by atoms with E-state index in [1.807, 2.05) is 6.92 Å². The van der Waals surface area contributed by atoms with Crippen LogP contribution in [0, 0.1) is 0 Å². The first-order valence-electron chi connectivity index (χ1n) is 13.1. The topological polar surface area (TPSA) is 184 Å². The number of benzene rings is 2. The summed E-state index contributed by atoms with van der Waals surface area (Å²) in [5.74, 6) is -1.35. The molecule has 0 bridgehead atoms. The molecule has 1 heterocycles. The van der Waals surface area contributed by atoms with Crippen LogP contribution in [-0.4, -0.2) is 84.7 Å². The highest BCUT2D eigenvalue weighted by Crippen LogP contribution is 2.34. The van der Waals surface area contributed by atoms with Crippen LogP contribution in [-0.2, 0) is 9.53 Å². The zero-order valence-corrected chi connectivity index (χ0v) is 22.3. The smallest absolute Gasteiger partial charge is 0.255 e. The largest absolute Gasteiger partial charge is 0.504 e. The summed E-state index contributed by atoms with van der Waals surface area (Å²) >= 11 is 0. The lowest BCUT2D eigenvalue weighted by Crippen LogP contribution is -2.32. The Morgan fingerprint density at radius 1 is 0.897 bits per heavy atom. The number of phenolic OH excluding ortho intramolecular Hbond substituents is 4. The molecule has 12 heteroatoms. The van der Waals surface area contributed by atoms with Gasteiger partial charge in [-0.05, 0) is 64.0 Å². The van der Waals surface area contributed by atoms with Crippen molar-refractivity contribution < 1.29 is 34.8 Å². The Morgan fingerprint density at radius 2 is 1.54 bits per heavy atom. The quantitative estimate of drug-likeness (QED) is 0.0886. The maximum Gasteiger partial charge on any atom is 0.255 e. The lowest BCUT2D eigenvalue weighted by molar-refractivity contribution is -0.109. The molecule has 2 atom stereocenters. The van der Waals surface area contributed by atoms with Crippen molar-refractivity contribution in [2.24, 2.45) is 0 Å². The molecule has 1 aliphatic rings. The monoisotopic (exact) mass is 547 g/mol. The number of phenols is 4. The molecule has 2 aromatic carbocycles. The fraction of sp³-hybridized carbons (Fsp3) is 0.481. The second-order valence-electron chi connectivity index (χ2n) is 9.01. The van der Waals surface area contributed by atoms with Crippen LogP contribution in [0.4, 0.5) is 0 Å². The van der Waals surface area contributed by atoms with Crippen molar-refractivity contribution in [3.8, 4) is 23.0 Å². The van der Waals surface area contributed by atoms with Crippen molar-refractivity contribution >= 4 is 12.3 Å². The van der Waals surface area contributed by atoms with E-state index in [2.05, 4.69) is 26.6 Å². The van der Waals surface area contributed by atoms with E-state index in [9.17, 15) is 30.0 Å². The van der Waals surface area contributed by atoms with Crippen molar-refractivity contribution in [2.75, 3.05) is 45.8 Å². The molecule has 0 radical (unpaired) electrons. The van der Waals surface area contributed by atoms with Gasteiger partial charge in [0.2, 0.25) is 6.41 Å². The molecule has 12 nitrogen and oxygen atoms in total. The van der Waals surface area contributed by atoms with Crippen molar-refractivity contribution in [1.29, 1.82) is 0 Å². The zero-order valence-electron chi connectivity index (χ0n) is 22.3. The van der Waals surface area contributed by atoms with Gasteiger partial charge in [-0.2, -0.15) is 0 Å². The maximum absolute atomic E-state index is 11.9. The first-order valence-corrected chi connectivity index (χ1v) is 13.1. The van der Waals surface area contributed by atoms with Crippen molar-refractivity contribution in [2.45, 2.75) is 38.5 Å². The number of hydrogen-bond donors (Lipinski definition) is 9. The van der Waals surface area contributed by atoms with E-state index in [4.69, 9.17) is 4.74 Å². The van der Waals surface area contributed by atoms with Gasteiger partial charge in [-0.1, -0.05) is 18.2 Å². The molecular formula is C27H41N5O7. The molecule has 1 saturated heterocycles. The molecular weight excluding hydrogens is 506 g/mol. The Kier molecular flexibility index (Phi) is 14.5. The van der Waals surface area contributed by atoms with Gasteiger partial charge < -0.3 is 46.4 Å². The van der Waals surface area contributed by atoms with Gasteiger partial charge in [0, 0.05) is 31.7 Å². The molecule has 3 rings (SSSR count). The van der Waals surface area contributed by atoms with Crippen LogP contribution >= 0.6 is 0 Å². The molecule has 2 aromatic rings. The van der Waals surface area contributed by atoms with Crippen molar-refractivity contribution in [3.63, 3.8) is 0 Å².